The van der Waals surface area contributed by atoms with Gasteiger partial charge in [-0.1, -0.05) is 18.2 Å². The summed E-state index contributed by atoms with van der Waals surface area (Å²) < 4.78 is 39.5. The summed E-state index contributed by atoms with van der Waals surface area (Å²) in [7, 11) is 0. The standard InChI is InChI=1S/C19H19F2NO4/c20-19(21)26-15-4-1-13(2-5-15)7-8-22-18(23)12-14-3-6-16-17(11-14)25-10-9-24-16/h1-6,11,19H,7-10,12H2,(H,22,23). The number of nitrogens with one attached hydrogen (secondary N) is 1. The van der Waals surface area contributed by atoms with Crippen LogP contribution in [0.4, 0.5) is 8.78 Å². The van der Waals surface area contributed by atoms with Crippen molar-refractivity contribution < 1.29 is 27.8 Å². The van der Waals surface area contributed by atoms with Gasteiger partial charge in [-0.3, -0.25) is 4.79 Å². The van der Waals surface area contributed by atoms with Crippen molar-refractivity contribution in [2.24, 2.45) is 0 Å². The molecule has 26 heavy (non-hydrogen) atoms. The molecule has 0 atom stereocenters. The van der Waals surface area contributed by atoms with Gasteiger partial charge in [0.1, 0.15) is 19.0 Å². The van der Waals surface area contributed by atoms with Crippen LogP contribution in [0.1, 0.15) is 11.1 Å². The zero-order chi connectivity index (χ0) is 18.4. The van der Waals surface area contributed by atoms with Crippen LogP contribution >= 0.6 is 0 Å². The minimum Gasteiger partial charge on any atom is -0.486 e. The predicted molar refractivity (Wildman–Crippen MR) is 90.9 cm³/mol. The largest absolute Gasteiger partial charge is 0.486 e. The highest BCUT2D eigenvalue weighted by atomic mass is 19.3. The van der Waals surface area contributed by atoms with E-state index in [9.17, 15) is 13.6 Å². The molecule has 1 N–H and O–H groups in total. The van der Waals surface area contributed by atoms with E-state index in [0.717, 1.165) is 11.1 Å². The molecule has 0 radical (unpaired) electrons. The van der Waals surface area contributed by atoms with Crippen molar-refractivity contribution in [2.45, 2.75) is 19.5 Å². The first-order chi connectivity index (χ1) is 12.6. The van der Waals surface area contributed by atoms with Crippen LogP contribution in [0.3, 0.4) is 0 Å². The molecule has 0 fully saturated rings. The smallest absolute Gasteiger partial charge is 0.387 e. The van der Waals surface area contributed by atoms with Gasteiger partial charge in [0.05, 0.1) is 6.42 Å². The number of fused-ring (bicyclic) bond motifs is 1. The highest BCUT2D eigenvalue weighted by Gasteiger charge is 2.13. The van der Waals surface area contributed by atoms with Gasteiger partial charge >= 0.3 is 6.61 Å². The molecule has 1 amide bonds. The Kier molecular flexibility index (Phi) is 5.88. The topological polar surface area (TPSA) is 56.8 Å². The zero-order valence-corrected chi connectivity index (χ0v) is 14.0. The maximum absolute atomic E-state index is 12.1. The van der Waals surface area contributed by atoms with Gasteiger partial charge in [-0.15, -0.1) is 0 Å². The summed E-state index contributed by atoms with van der Waals surface area (Å²) in [5.41, 5.74) is 1.77. The Morgan fingerprint density at radius 2 is 1.73 bits per heavy atom. The van der Waals surface area contributed by atoms with Gasteiger partial charge in [-0.2, -0.15) is 8.78 Å². The van der Waals surface area contributed by atoms with E-state index in [2.05, 4.69) is 10.1 Å². The van der Waals surface area contributed by atoms with Gasteiger partial charge in [0, 0.05) is 6.54 Å². The van der Waals surface area contributed by atoms with Gasteiger partial charge in [0.2, 0.25) is 5.91 Å². The SMILES string of the molecule is O=C(Cc1ccc2c(c1)OCCO2)NCCc1ccc(OC(F)F)cc1. The molecule has 1 aliphatic heterocycles. The first-order valence-electron chi connectivity index (χ1n) is 8.29. The summed E-state index contributed by atoms with van der Waals surface area (Å²) in [6.07, 6.45) is 0.847. The van der Waals surface area contributed by atoms with Gasteiger partial charge in [-0.25, -0.2) is 0 Å². The predicted octanol–water partition coefficient (Wildman–Crippen LogP) is 2.96. The molecule has 1 heterocycles. The van der Waals surface area contributed by atoms with E-state index in [4.69, 9.17) is 9.47 Å². The molecule has 0 aromatic heterocycles. The van der Waals surface area contributed by atoms with Crippen molar-refractivity contribution in [3.8, 4) is 17.2 Å². The van der Waals surface area contributed by atoms with Crippen LogP contribution in [0.15, 0.2) is 42.5 Å². The summed E-state index contributed by atoms with van der Waals surface area (Å²) in [5, 5.41) is 2.84. The maximum Gasteiger partial charge on any atom is 0.387 e. The van der Waals surface area contributed by atoms with Crippen molar-refractivity contribution in [1.82, 2.24) is 5.32 Å². The van der Waals surface area contributed by atoms with Gasteiger partial charge < -0.3 is 19.5 Å². The van der Waals surface area contributed by atoms with Gasteiger partial charge in [-0.05, 0) is 41.8 Å². The van der Waals surface area contributed by atoms with E-state index >= 15 is 0 Å². The second-order valence-electron chi connectivity index (χ2n) is 5.78. The lowest BCUT2D eigenvalue weighted by molar-refractivity contribution is -0.120. The Bertz CT molecular complexity index is 750. The van der Waals surface area contributed by atoms with E-state index in [0.29, 0.717) is 37.7 Å². The molecule has 0 spiro atoms. The Hall–Kier alpha value is -2.83. The van der Waals surface area contributed by atoms with E-state index < -0.39 is 6.61 Å². The monoisotopic (exact) mass is 363 g/mol. The Balaban J connectivity index is 1.44. The normalized spacial score (nSPS) is 12.7. The Morgan fingerprint density at radius 3 is 2.46 bits per heavy atom. The molecular weight excluding hydrogens is 344 g/mol. The quantitative estimate of drug-likeness (QED) is 0.822. The third-order valence-corrected chi connectivity index (χ3v) is 3.86. The fourth-order valence-electron chi connectivity index (χ4n) is 2.63. The summed E-state index contributed by atoms with van der Waals surface area (Å²) in [4.78, 5) is 12.1. The van der Waals surface area contributed by atoms with Crippen LogP contribution < -0.4 is 19.5 Å². The second-order valence-corrected chi connectivity index (χ2v) is 5.78. The van der Waals surface area contributed by atoms with E-state index in [1.54, 1.807) is 18.2 Å². The Labute approximate surface area is 149 Å². The molecule has 3 rings (SSSR count). The fourth-order valence-corrected chi connectivity index (χ4v) is 2.63. The summed E-state index contributed by atoms with van der Waals surface area (Å²) >= 11 is 0. The third-order valence-electron chi connectivity index (χ3n) is 3.86. The van der Waals surface area contributed by atoms with Crippen molar-refractivity contribution in [1.29, 1.82) is 0 Å². The molecule has 0 aliphatic carbocycles. The van der Waals surface area contributed by atoms with E-state index in [-0.39, 0.29) is 18.1 Å². The number of benzene rings is 2. The zero-order valence-electron chi connectivity index (χ0n) is 14.0. The number of carbonyl (C=O) groups is 1. The van der Waals surface area contributed by atoms with Crippen molar-refractivity contribution in [3.05, 3.63) is 53.6 Å². The Morgan fingerprint density at radius 1 is 1.04 bits per heavy atom. The lowest BCUT2D eigenvalue weighted by Crippen LogP contribution is -2.27. The minimum absolute atomic E-state index is 0.0978. The molecule has 0 bridgehead atoms. The van der Waals surface area contributed by atoms with Crippen molar-refractivity contribution >= 4 is 5.91 Å². The summed E-state index contributed by atoms with van der Waals surface area (Å²) in [5.74, 6) is 1.37. The van der Waals surface area contributed by atoms with Crippen LogP contribution in [0.25, 0.3) is 0 Å². The summed E-state index contributed by atoms with van der Waals surface area (Å²) in [6, 6.07) is 11.8. The van der Waals surface area contributed by atoms with Gasteiger partial charge in [0.15, 0.2) is 11.5 Å². The third kappa shape index (κ3) is 5.08. The highest BCUT2D eigenvalue weighted by molar-refractivity contribution is 5.78. The molecule has 2 aromatic rings. The molecule has 0 saturated heterocycles. The van der Waals surface area contributed by atoms with E-state index in [1.165, 1.54) is 12.1 Å². The number of carbonyl (C=O) groups excluding carboxylic acids is 1. The number of hydrogen-bond acceptors (Lipinski definition) is 4. The second kappa shape index (κ2) is 8.51. The van der Waals surface area contributed by atoms with Crippen LogP contribution in [-0.2, 0) is 17.6 Å². The average Bonchev–Trinajstić information content (AvgIpc) is 2.62. The maximum atomic E-state index is 12.1. The minimum atomic E-state index is -2.83. The lowest BCUT2D eigenvalue weighted by Gasteiger charge is -2.18. The summed E-state index contributed by atoms with van der Waals surface area (Å²) in [6.45, 7) is -1.34. The van der Waals surface area contributed by atoms with Crippen molar-refractivity contribution in [2.75, 3.05) is 19.8 Å². The van der Waals surface area contributed by atoms with Crippen LogP contribution in [0, 0.1) is 0 Å². The molecule has 138 valence electrons. The molecule has 1 aliphatic rings. The molecular formula is C19H19F2NO4. The molecule has 0 saturated carbocycles. The molecule has 7 heteroatoms. The average molecular weight is 363 g/mol. The molecule has 2 aromatic carbocycles. The highest BCUT2D eigenvalue weighted by Crippen LogP contribution is 2.30. The molecule has 5 nitrogen and oxygen atoms in total. The molecule has 0 unspecified atom stereocenters. The van der Waals surface area contributed by atoms with Crippen molar-refractivity contribution in [3.63, 3.8) is 0 Å². The van der Waals surface area contributed by atoms with Crippen LogP contribution in [0.5, 0.6) is 17.2 Å². The first-order valence-corrected chi connectivity index (χ1v) is 8.29. The lowest BCUT2D eigenvalue weighted by atomic mass is 10.1. The van der Waals surface area contributed by atoms with Crippen LogP contribution in [-0.4, -0.2) is 32.3 Å². The number of alkyl halides is 2. The van der Waals surface area contributed by atoms with Crippen LogP contribution in [0.2, 0.25) is 0 Å². The number of halogens is 2. The fraction of sp³-hybridized carbons (Fsp3) is 0.316. The van der Waals surface area contributed by atoms with Gasteiger partial charge in [0.25, 0.3) is 0 Å². The first kappa shape index (κ1) is 18.0. The number of ether oxygens (including phenoxy) is 3. The number of hydrogen-bond donors (Lipinski definition) is 1. The number of rotatable bonds is 7. The number of amides is 1. The van der Waals surface area contributed by atoms with E-state index in [1.807, 2.05) is 12.1 Å².